The van der Waals surface area contributed by atoms with Gasteiger partial charge in [0.1, 0.15) is 6.61 Å². The highest BCUT2D eigenvalue weighted by Gasteiger charge is 2.55. The van der Waals surface area contributed by atoms with Crippen LogP contribution in [0.15, 0.2) is 12.7 Å². The van der Waals surface area contributed by atoms with E-state index >= 15 is 0 Å². The summed E-state index contributed by atoms with van der Waals surface area (Å²) in [5.74, 6) is -1.38. The van der Waals surface area contributed by atoms with E-state index in [2.05, 4.69) is 6.58 Å². The van der Waals surface area contributed by atoms with Crippen molar-refractivity contribution in [1.82, 2.24) is 4.90 Å². The molecule has 0 saturated carbocycles. The maximum absolute atomic E-state index is 12.1. The van der Waals surface area contributed by atoms with Gasteiger partial charge in [0.25, 0.3) is 0 Å². The second-order valence-electron chi connectivity index (χ2n) is 4.91. The molecule has 2 aliphatic heterocycles. The maximum atomic E-state index is 12.1. The molecule has 2 aliphatic rings. The van der Waals surface area contributed by atoms with Crippen LogP contribution in [0.2, 0.25) is 0 Å². The lowest BCUT2D eigenvalue weighted by atomic mass is 9.78. The summed E-state index contributed by atoms with van der Waals surface area (Å²) in [5, 5.41) is 9.37. The molecular weight excluding hydrogens is 250 g/mol. The van der Waals surface area contributed by atoms with E-state index in [9.17, 15) is 14.7 Å². The van der Waals surface area contributed by atoms with Crippen LogP contribution in [-0.4, -0.2) is 54.0 Å². The molecule has 2 saturated heterocycles. The van der Waals surface area contributed by atoms with E-state index in [0.717, 1.165) is 0 Å². The van der Waals surface area contributed by atoms with Crippen molar-refractivity contribution in [3.8, 4) is 0 Å². The zero-order valence-corrected chi connectivity index (χ0v) is 10.8. The second-order valence-corrected chi connectivity index (χ2v) is 4.91. The Labute approximate surface area is 112 Å². The fourth-order valence-corrected chi connectivity index (χ4v) is 3.12. The molecule has 0 aromatic rings. The van der Waals surface area contributed by atoms with Gasteiger partial charge in [-0.3, -0.25) is 4.79 Å². The van der Waals surface area contributed by atoms with Crippen molar-refractivity contribution >= 4 is 12.1 Å². The van der Waals surface area contributed by atoms with Crippen LogP contribution in [0.1, 0.15) is 19.3 Å². The molecule has 1 amide bonds. The minimum atomic E-state index is -0.846. The molecule has 0 aliphatic carbocycles. The first kappa shape index (κ1) is 13.9. The number of amides is 1. The van der Waals surface area contributed by atoms with Crippen LogP contribution >= 0.6 is 0 Å². The summed E-state index contributed by atoms with van der Waals surface area (Å²) in [6, 6.07) is 0. The molecule has 0 bridgehead atoms. The minimum absolute atomic E-state index is 0.139. The molecule has 19 heavy (non-hydrogen) atoms. The Balaban J connectivity index is 2.20. The lowest BCUT2D eigenvalue weighted by Crippen LogP contribution is -2.55. The van der Waals surface area contributed by atoms with Crippen LogP contribution in [0, 0.1) is 5.92 Å². The van der Waals surface area contributed by atoms with Crippen molar-refractivity contribution in [2.24, 2.45) is 5.92 Å². The van der Waals surface area contributed by atoms with Crippen molar-refractivity contribution in [1.29, 1.82) is 0 Å². The molecule has 2 rings (SSSR count). The number of carboxylic acid groups (broad SMARTS) is 1. The van der Waals surface area contributed by atoms with Crippen molar-refractivity contribution in [2.45, 2.75) is 24.8 Å². The Kier molecular flexibility index (Phi) is 4.09. The number of hydrogen-bond acceptors (Lipinski definition) is 4. The van der Waals surface area contributed by atoms with Crippen molar-refractivity contribution in [3.05, 3.63) is 12.7 Å². The number of rotatable bonds is 3. The Morgan fingerprint density at radius 2 is 2.16 bits per heavy atom. The third-order valence-corrected chi connectivity index (χ3v) is 4.03. The fourth-order valence-electron chi connectivity index (χ4n) is 3.12. The van der Waals surface area contributed by atoms with Crippen LogP contribution in [0.3, 0.4) is 0 Å². The summed E-state index contributed by atoms with van der Waals surface area (Å²) in [6.45, 7) is 5.02. The van der Waals surface area contributed by atoms with Gasteiger partial charge in [-0.25, -0.2) is 4.79 Å². The van der Waals surface area contributed by atoms with Crippen LogP contribution < -0.4 is 0 Å². The van der Waals surface area contributed by atoms with Gasteiger partial charge in [0.15, 0.2) is 0 Å². The van der Waals surface area contributed by atoms with Gasteiger partial charge in [-0.15, -0.1) is 0 Å². The lowest BCUT2D eigenvalue weighted by Gasteiger charge is -2.42. The number of likely N-dealkylation sites (tertiary alicyclic amines) is 1. The molecule has 106 valence electrons. The maximum Gasteiger partial charge on any atom is 0.410 e. The highest BCUT2D eigenvalue weighted by molar-refractivity contribution is 5.76. The highest BCUT2D eigenvalue weighted by Crippen LogP contribution is 2.43. The van der Waals surface area contributed by atoms with Gasteiger partial charge in [0, 0.05) is 19.8 Å². The van der Waals surface area contributed by atoms with E-state index in [1.807, 2.05) is 0 Å². The summed E-state index contributed by atoms with van der Waals surface area (Å²) >= 11 is 0. The first-order chi connectivity index (χ1) is 9.12. The average Bonchev–Trinajstić information content (AvgIpc) is 2.75. The van der Waals surface area contributed by atoms with E-state index in [1.165, 1.54) is 6.08 Å². The summed E-state index contributed by atoms with van der Waals surface area (Å²) in [6.07, 6.45) is 2.61. The number of carbonyl (C=O) groups excluding carboxylic acids is 1. The van der Waals surface area contributed by atoms with Gasteiger partial charge in [-0.05, 0) is 19.3 Å². The zero-order valence-electron chi connectivity index (χ0n) is 10.8. The largest absolute Gasteiger partial charge is 0.481 e. The van der Waals surface area contributed by atoms with Gasteiger partial charge >= 0.3 is 12.1 Å². The van der Waals surface area contributed by atoms with E-state index < -0.39 is 23.5 Å². The normalized spacial score (nSPS) is 25.3. The topological polar surface area (TPSA) is 76.1 Å². The van der Waals surface area contributed by atoms with Crippen LogP contribution in [-0.2, 0) is 14.3 Å². The Morgan fingerprint density at radius 3 is 2.74 bits per heavy atom. The number of carbonyl (C=O) groups is 2. The van der Waals surface area contributed by atoms with Gasteiger partial charge in [-0.1, -0.05) is 12.7 Å². The average molecular weight is 269 g/mol. The second kappa shape index (κ2) is 5.61. The van der Waals surface area contributed by atoms with Crippen LogP contribution in [0.25, 0.3) is 0 Å². The molecular formula is C13H19NO5. The molecule has 0 radical (unpaired) electrons. The number of hydrogen-bond donors (Lipinski definition) is 1. The monoisotopic (exact) mass is 269 g/mol. The Bertz CT molecular complexity index is 375. The summed E-state index contributed by atoms with van der Waals surface area (Å²) < 4.78 is 10.4. The first-order valence-corrected chi connectivity index (χ1v) is 6.47. The highest BCUT2D eigenvalue weighted by atomic mass is 16.6. The summed E-state index contributed by atoms with van der Waals surface area (Å²) in [5.41, 5.74) is -0.650. The molecule has 6 nitrogen and oxygen atoms in total. The molecule has 1 unspecified atom stereocenters. The lowest BCUT2D eigenvalue weighted by molar-refractivity contribution is -0.147. The predicted molar refractivity (Wildman–Crippen MR) is 66.8 cm³/mol. The molecule has 2 heterocycles. The van der Waals surface area contributed by atoms with Gasteiger partial charge in [-0.2, -0.15) is 0 Å². The SMILES string of the molecule is C=CCOC(=O)N1CCC(C(=O)O)C12CCOCC2. The van der Waals surface area contributed by atoms with Crippen LogP contribution in [0.5, 0.6) is 0 Å². The molecule has 0 aromatic carbocycles. The van der Waals surface area contributed by atoms with E-state index in [-0.39, 0.29) is 6.61 Å². The first-order valence-electron chi connectivity index (χ1n) is 6.47. The minimum Gasteiger partial charge on any atom is -0.481 e. The van der Waals surface area contributed by atoms with Gasteiger partial charge in [0.2, 0.25) is 0 Å². The molecule has 6 heteroatoms. The number of nitrogens with zero attached hydrogens (tertiary/aromatic N) is 1. The van der Waals surface area contributed by atoms with Gasteiger partial charge < -0.3 is 19.5 Å². The number of ether oxygens (including phenoxy) is 2. The molecule has 2 fully saturated rings. The van der Waals surface area contributed by atoms with Gasteiger partial charge in [0.05, 0.1) is 11.5 Å². The zero-order chi connectivity index (χ0) is 13.9. The summed E-state index contributed by atoms with van der Waals surface area (Å²) in [7, 11) is 0. The third-order valence-electron chi connectivity index (χ3n) is 4.03. The van der Waals surface area contributed by atoms with Crippen molar-refractivity contribution < 1.29 is 24.2 Å². The van der Waals surface area contributed by atoms with Crippen LogP contribution in [0.4, 0.5) is 4.79 Å². The quantitative estimate of drug-likeness (QED) is 0.781. The van der Waals surface area contributed by atoms with E-state index in [4.69, 9.17) is 9.47 Å². The molecule has 0 aromatic heterocycles. The molecule has 1 atom stereocenters. The number of carboxylic acids is 1. The Hall–Kier alpha value is -1.56. The fraction of sp³-hybridized carbons (Fsp3) is 0.692. The standard InChI is InChI=1S/C13H19NO5/c1-2-7-19-12(17)14-6-3-10(11(15)16)13(14)4-8-18-9-5-13/h2,10H,1,3-9H2,(H,15,16). The molecule has 1 N–H and O–H groups in total. The van der Waals surface area contributed by atoms with E-state index in [0.29, 0.717) is 39.0 Å². The summed E-state index contributed by atoms with van der Waals surface area (Å²) in [4.78, 5) is 25.1. The Morgan fingerprint density at radius 1 is 1.47 bits per heavy atom. The third kappa shape index (κ3) is 2.45. The van der Waals surface area contributed by atoms with E-state index in [1.54, 1.807) is 4.90 Å². The van der Waals surface area contributed by atoms with Crippen molar-refractivity contribution in [3.63, 3.8) is 0 Å². The predicted octanol–water partition coefficient (Wildman–Crippen LogP) is 1.26. The number of aliphatic carboxylic acids is 1. The van der Waals surface area contributed by atoms with Crippen molar-refractivity contribution in [2.75, 3.05) is 26.4 Å². The molecule has 1 spiro atoms. The smallest absolute Gasteiger partial charge is 0.410 e.